The van der Waals surface area contributed by atoms with Crippen LogP contribution in [-0.4, -0.2) is 79.9 Å². The van der Waals surface area contributed by atoms with Crippen LogP contribution in [0.15, 0.2) is 64.7 Å². The molecule has 1 fully saturated rings. The summed E-state index contributed by atoms with van der Waals surface area (Å²) in [5.41, 5.74) is 3.82. The van der Waals surface area contributed by atoms with Gasteiger partial charge in [-0.05, 0) is 52.3 Å². The van der Waals surface area contributed by atoms with Gasteiger partial charge in [-0.2, -0.15) is 4.31 Å². The van der Waals surface area contributed by atoms with E-state index < -0.39 is 22.0 Å². The Labute approximate surface area is 231 Å². The first kappa shape index (κ1) is 28.8. The fraction of sp³-hybridized carbons (Fsp3) is 0.448. The highest BCUT2D eigenvalue weighted by molar-refractivity contribution is 7.89. The molecular weight excluding hydrogens is 516 g/mol. The molecule has 0 unspecified atom stereocenters. The van der Waals surface area contributed by atoms with E-state index in [1.807, 2.05) is 52.0 Å². The Hall–Kier alpha value is -3.21. The highest BCUT2D eigenvalue weighted by atomic mass is 32.2. The topological polar surface area (TPSA) is 99.3 Å². The van der Waals surface area contributed by atoms with Crippen LogP contribution in [0.3, 0.4) is 0 Å². The standard InChI is InChI=1S/C29H38N4O5S/c1-6-32-25(26(28(34)38-7-2)27(30-29(32)35)23-10-8-9-21(4)17-23)19-31-15-16-33(22(5)18-31)39(36,37)24-13-11-20(3)12-14-24/h8-14,17,22,27H,6-7,15-16,18-19H2,1-5H3,(H,30,35)/t22-,27-/m0/s1. The highest BCUT2D eigenvalue weighted by Crippen LogP contribution is 2.33. The lowest BCUT2D eigenvalue weighted by atomic mass is 9.93. The Morgan fingerprint density at radius 2 is 1.77 bits per heavy atom. The summed E-state index contributed by atoms with van der Waals surface area (Å²) in [4.78, 5) is 30.5. The normalized spacial score (nSPS) is 21.2. The van der Waals surface area contributed by atoms with E-state index in [1.165, 1.54) is 4.31 Å². The van der Waals surface area contributed by atoms with E-state index in [0.717, 1.165) is 16.7 Å². The van der Waals surface area contributed by atoms with Gasteiger partial charge in [-0.3, -0.25) is 9.80 Å². The van der Waals surface area contributed by atoms with Crippen LogP contribution >= 0.6 is 0 Å². The molecule has 2 aliphatic heterocycles. The number of urea groups is 1. The second kappa shape index (κ2) is 11.9. The first-order valence-electron chi connectivity index (χ1n) is 13.4. The van der Waals surface area contributed by atoms with Crippen LogP contribution in [-0.2, 0) is 19.6 Å². The van der Waals surface area contributed by atoms with Gasteiger partial charge in [0.25, 0.3) is 0 Å². The van der Waals surface area contributed by atoms with Gasteiger partial charge in [0.1, 0.15) is 0 Å². The number of carbonyl (C=O) groups is 2. The molecule has 0 saturated carbocycles. The number of nitrogens with one attached hydrogen (secondary N) is 1. The second-order valence-corrected chi connectivity index (χ2v) is 12.0. The number of rotatable bonds is 8. The van der Waals surface area contributed by atoms with Crippen molar-refractivity contribution < 1.29 is 22.7 Å². The second-order valence-electron chi connectivity index (χ2n) is 10.1. The summed E-state index contributed by atoms with van der Waals surface area (Å²) in [6, 6.07) is 13.4. The summed E-state index contributed by atoms with van der Waals surface area (Å²) in [5.74, 6) is -0.467. The fourth-order valence-corrected chi connectivity index (χ4v) is 6.95. The van der Waals surface area contributed by atoms with Gasteiger partial charge in [0.15, 0.2) is 0 Å². The number of aryl methyl sites for hydroxylation is 2. The highest BCUT2D eigenvalue weighted by Gasteiger charge is 2.40. The quantitative estimate of drug-likeness (QED) is 0.501. The molecule has 39 heavy (non-hydrogen) atoms. The number of nitrogens with zero attached hydrogens (tertiary/aromatic N) is 3. The van der Waals surface area contributed by atoms with E-state index in [1.54, 1.807) is 36.1 Å². The molecule has 9 nitrogen and oxygen atoms in total. The molecule has 2 aromatic rings. The lowest BCUT2D eigenvalue weighted by molar-refractivity contribution is -0.139. The predicted octanol–water partition coefficient (Wildman–Crippen LogP) is 3.60. The molecule has 2 atom stereocenters. The zero-order valence-electron chi connectivity index (χ0n) is 23.3. The number of hydrogen-bond donors (Lipinski definition) is 1. The number of carbonyl (C=O) groups excluding carboxylic acids is 2. The van der Waals surface area contributed by atoms with Crippen LogP contribution in [0.5, 0.6) is 0 Å². The molecule has 10 heteroatoms. The monoisotopic (exact) mass is 554 g/mol. The Balaban J connectivity index is 1.65. The van der Waals surface area contributed by atoms with Crippen molar-refractivity contribution in [2.24, 2.45) is 0 Å². The summed E-state index contributed by atoms with van der Waals surface area (Å²) < 4.78 is 33.7. The van der Waals surface area contributed by atoms with Crippen molar-refractivity contribution >= 4 is 22.0 Å². The molecular formula is C29H38N4O5S. The minimum absolute atomic E-state index is 0.211. The summed E-state index contributed by atoms with van der Waals surface area (Å²) in [6.07, 6.45) is 0. The zero-order chi connectivity index (χ0) is 28.3. The average molecular weight is 555 g/mol. The van der Waals surface area contributed by atoms with Crippen LogP contribution in [0.1, 0.15) is 43.5 Å². The van der Waals surface area contributed by atoms with E-state index in [2.05, 4.69) is 10.2 Å². The molecule has 1 saturated heterocycles. The average Bonchev–Trinajstić information content (AvgIpc) is 2.89. The van der Waals surface area contributed by atoms with Gasteiger partial charge in [-0.15, -0.1) is 0 Å². The molecule has 2 aromatic carbocycles. The number of likely N-dealkylation sites (N-methyl/N-ethyl adjacent to an activating group) is 1. The molecule has 4 rings (SSSR count). The number of sulfonamides is 1. The first-order chi connectivity index (χ1) is 18.6. The fourth-order valence-electron chi connectivity index (χ4n) is 5.33. The number of ether oxygens (including phenoxy) is 1. The molecule has 2 amide bonds. The van der Waals surface area contributed by atoms with Crippen LogP contribution in [0, 0.1) is 13.8 Å². The molecule has 0 aromatic heterocycles. The molecule has 0 spiro atoms. The van der Waals surface area contributed by atoms with Gasteiger partial charge < -0.3 is 10.1 Å². The van der Waals surface area contributed by atoms with Crippen LogP contribution in [0.25, 0.3) is 0 Å². The van der Waals surface area contributed by atoms with Crippen molar-refractivity contribution in [1.29, 1.82) is 0 Å². The van der Waals surface area contributed by atoms with Crippen molar-refractivity contribution in [3.63, 3.8) is 0 Å². The smallest absolute Gasteiger partial charge is 0.338 e. The number of esters is 1. The van der Waals surface area contributed by atoms with E-state index in [4.69, 9.17) is 4.74 Å². The maximum atomic E-state index is 13.4. The van der Waals surface area contributed by atoms with Crippen molar-refractivity contribution in [3.8, 4) is 0 Å². The summed E-state index contributed by atoms with van der Waals surface area (Å²) >= 11 is 0. The summed E-state index contributed by atoms with van der Waals surface area (Å²) in [7, 11) is -3.64. The molecule has 210 valence electrons. The molecule has 1 N–H and O–H groups in total. The Bertz CT molecular complexity index is 1360. The largest absolute Gasteiger partial charge is 0.463 e. The summed E-state index contributed by atoms with van der Waals surface area (Å²) in [5, 5.41) is 3.00. The number of piperazine rings is 1. The molecule has 0 radical (unpaired) electrons. The summed E-state index contributed by atoms with van der Waals surface area (Å²) in [6.45, 7) is 11.5. The Kier molecular flexibility index (Phi) is 8.78. The third-order valence-corrected chi connectivity index (χ3v) is 9.30. The lowest BCUT2D eigenvalue weighted by Gasteiger charge is -2.42. The van der Waals surface area contributed by atoms with Crippen LogP contribution < -0.4 is 5.32 Å². The minimum atomic E-state index is -3.64. The van der Waals surface area contributed by atoms with Gasteiger partial charge in [-0.25, -0.2) is 18.0 Å². The van der Waals surface area contributed by atoms with Crippen LogP contribution in [0.2, 0.25) is 0 Å². The van der Waals surface area contributed by atoms with Gasteiger partial charge >= 0.3 is 12.0 Å². The third kappa shape index (κ3) is 6.03. The number of benzene rings is 2. The zero-order valence-corrected chi connectivity index (χ0v) is 24.1. The van der Waals surface area contributed by atoms with Crippen molar-refractivity contribution in [1.82, 2.24) is 19.4 Å². The Morgan fingerprint density at radius 3 is 2.38 bits per heavy atom. The molecule has 0 aliphatic carbocycles. The molecule has 0 bridgehead atoms. The Morgan fingerprint density at radius 1 is 1.05 bits per heavy atom. The van der Waals surface area contributed by atoms with Crippen LogP contribution in [0.4, 0.5) is 4.79 Å². The van der Waals surface area contributed by atoms with E-state index in [9.17, 15) is 18.0 Å². The van der Waals surface area contributed by atoms with Crippen molar-refractivity contribution in [3.05, 3.63) is 76.5 Å². The molecule has 2 aliphatic rings. The number of hydrogen-bond acceptors (Lipinski definition) is 6. The van der Waals surface area contributed by atoms with Crippen molar-refractivity contribution in [2.75, 3.05) is 39.3 Å². The van der Waals surface area contributed by atoms with Gasteiger partial charge in [-0.1, -0.05) is 47.5 Å². The van der Waals surface area contributed by atoms with Gasteiger partial charge in [0.05, 0.1) is 23.1 Å². The SMILES string of the molecule is CCOC(=O)C1=C(CN2CCN(S(=O)(=O)c3ccc(C)cc3)[C@@H](C)C2)N(CC)C(=O)N[C@H]1c1cccc(C)c1. The first-order valence-corrected chi connectivity index (χ1v) is 14.9. The predicted molar refractivity (Wildman–Crippen MR) is 149 cm³/mol. The minimum Gasteiger partial charge on any atom is -0.463 e. The van der Waals surface area contributed by atoms with E-state index in [-0.39, 0.29) is 23.6 Å². The van der Waals surface area contributed by atoms with E-state index in [0.29, 0.717) is 44.0 Å². The third-order valence-electron chi connectivity index (χ3n) is 7.28. The molecule has 2 heterocycles. The maximum Gasteiger partial charge on any atom is 0.338 e. The van der Waals surface area contributed by atoms with Gasteiger partial charge in [0.2, 0.25) is 10.0 Å². The van der Waals surface area contributed by atoms with Crippen molar-refractivity contribution in [2.45, 2.75) is 51.6 Å². The number of amides is 2. The lowest BCUT2D eigenvalue weighted by Crippen LogP contribution is -2.56. The van der Waals surface area contributed by atoms with Gasteiger partial charge in [0, 0.05) is 44.5 Å². The van der Waals surface area contributed by atoms with E-state index >= 15 is 0 Å². The maximum absolute atomic E-state index is 13.4.